The number of carboxylic acids is 1. The number of rotatable bonds is 3. The Hall–Kier alpha value is -1.45. The van der Waals surface area contributed by atoms with E-state index < -0.39 is 5.97 Å². The quantitative estimate of drug-likeness (QED) is 0.918. The molecule has 1 aromatic heterocycles. The molecule has 0 saturated heterocycles. The van der Waals surface area contributed by atoms with Gasteiger partial charge in [-0.1, -0.05) is 0 Å². The van der Waals surface area contributed by atoms with E-state index in [4.69, 9.17) is 5.11 Å². The highest BCUT2D eigenvalue weighted by atomic mass is 16.4. The number of aromatic nitrogens is 2. The maximum Gasteiger partial charge on any atom is 0.309 e. The van der Waals surface area contributed by atoms with Gasteiger partial charge in [0.25, 0.3) is 0 Å². The third kappa shape index (κ3) is 1.93. The van der Waals surface area contributed by atoms with Crippen LogP contribution < -0.4 is 0 Å². The van der Waals surface area contributed by atoms with Crippen molar-refractivity contribution in [1.29, 1.82) is 0 Å². The van der Waals surface area contributed by atoms with Crippen molar-refractivity contribution < 1.29 is 9.90 Å². The van der Waals surface area contributed by atoms with Gasteiger partial charge in [0.15, 0.2) is 0 Å². The van der Waals surface area contributed by atoms with Crippen LogP contribution in [-0.4, -0.2) is 21.0 Å². The van der Waals surface area contributed by atoms with Crippen molar-refractivity contribution >= 4 is 5.97 Å². The van der Waals surface area contributed by atoms with Gasteiger partial charge in [0, 0.05) is 18.3 Å². The summed E-state index contributed by atoms with van der Waals surface area (Å²) >= 11 is 0. The number of nitrogens with zero attached hydrogens (tertiary/aromatic N) is 2. The van der Waals surface area contributed by atoms with Gasteiger partial charge in [-0.2, -0.15) is 0 Å². The Morgan fingerprint density at radius 3 is 2.25 bits per heavy atom. The van der Waals surface area contributed by atoms with E-state index in [-0.39, 0.29) is 6.42 Å². The zero-order valence-electron chi connectivity index (χ0n) is 11.5. The monoisotopic (exact) mass is 272 g/mol. The molecule has 1 aromatic rings. The molecule has 0 atom stereocenters. The molecule has 0 unspecified atom stereocenters. The summed E-state index contributed by atoms with van der Waals surface area (Å²) in [4.78, 5) is 19.9. The smallest absolute Gasteiger partial charge is 0.309 e. The Morgan fingerprint density at radius 1 is 1.05 bits per heavy atom. The summed E-state index contributed by atoms with van der Waals surface area (Å²) in [5, 5.41) is 9.07. The van der Waals surface area contributed by atoms with Gasteiger partial charge in [-0.05, 0) is 55.8 Å². The summed E-state index contributed by atoms with van der Waals surface area (Å²) in [6.07, 6.45) is 10.1. The highest BCUT2D eigenvalue weighted by Gasteiger charge is 2.49. The molecule has 1 N–H and O–H groups in total. The fraction of sp³-hybridized carbons (Fsp3) is 0.688. The third-order valence-corrected chi connectivity index (χ3v) is 5.67. The number of hydrogen-bond acceptors (Lipinski definition) is 3. The van der Waals surface area contributed by atoms with Crippen LogP contribution in [0.15, 0.2) is 12.4 Å². The van der Waals surface area contributed by atoms with Crippen molar-refractivity contribution in [3.05, 3.63) is 23.8 Å². The zero-order chi connectivity index (χ0) is 13.7. The summed E-state index contributed by atoms with van der Waals surface area (Å²) in [7, 11) is 0. The fourth-order valence-corrected chi connectivity index (χ4v) is 5.31. The lowest BCUT2D eigenvalue weighted by atomic mass is 9.51. The second-order valence-corrected chi connectivity index (χ2v) is 6.92. The first-order valence-electron chi connectivity index (χ1n) is 7.72. The van der Waals surface area contributed by atoms with Gasteiger partial charge in [0.05, 0.1) is 17.8 Å². The molecule has 0 spiro atoms. The highest BCUT2D eigenvalue weighted by Crippen LogP contribution is 2.59. The Balaban J connectivity index is 1.69. The van der Waals surface area contributed by atoms with Crippen molar-refractivity contribution in [1.82, 2.24) is 9.97 Å². The van der Waals surface area contributed by atoms with Crippen molar-refractivity contribution in [2.75, 3.05) is 0 Å². The second-order valence-electron chi connectivity index (χ2n) is 6.92. The number of carbonyl (C=O) groups is 1. The molecule has 0 radical (unpaired) electrons. The Labute approximate surface area is 118 Å². The molecule has 106 valence electrons. The van der Waals surface area contributed by atoms with Gasteiger partial charge in [0.1, 0.15) is 0 Å². The van der Waals surface area contributed by atoms with Crippen LogP contribution in [0.4, 0.5) is 0 Å². The van der Waals surface area contributed by atoms with Gasteiger partial charge in [-0.15, -0.1) is 0 Å². The van der Waals surface area contributed by atoms with Crippen LogP contribution in [0.2, 0.25) is 0 Å². The summed E-state index contributed by atoms with van der Waals surface area (Å²) in [5.41, 5.74) is 1.68. The van der Waals surface area contributed by atoms with Crippen LogP contribution in [0.1, 0.15) is 49.4 Å². The first kappa shape index (κ1) is 12.3. The van der Waals surface area contributed by atoms with Crippen molar-refractivity contribution in [2.24, 2.45) is 23.7 Å². The van der Waals surface area contributed by atoms with E-state index in [0.29, 0.717) is 11.6 Å². The molecule has 0 aliphatic heterocycles. The topological polar surface area (TPSA) is 63.1 Å². The standard InChI is InChI=1S/C16H20N2O2/c19-14(20)8-13-16(18-2-1-17-13)15-11-4-9-3-10(6-11)7-12(15)5-9/h1-2,9-12,15H,3-8H2,(H,19,20). The van der Waals surface area contributed by atoms with E-state index in [0.717, 1.165) is 29.4 Å². The predicted molar refractivity (Wildman–Crippen MR) is 73.2 cm³/mol. The van der Waals surface area contributed by atoms with Gasteiger partial charge in [0.2, 0.25) is 0 Å². The maximum absolute atomic E-state index is 11.0. The molecular formula is C16H20N2O2. The largest absolute Gasteiger partial charge is 0.481 e. The minimum atomic E-state index is -0.810. The first-order chi connectivity index (χ1) is 9.70. The fourth-order valence-electron chi connectivity index (χ4n) is 5.31. The molecule has 4 saturated carbocycles. The molecule has 4 fully saturated rings. The van der Waals surface area contributed by atoms with Gasteiger partial charge < -0.3 is 5.11 Å². The first-order valence-corrected chi connectivity index (χ1v) is 7.72. The van der Waals surface area contributed by atoms with E-state index in [1.165, 1.54) is 32.1 Å². The Bertz CT molecular complexity index is 515. The lowest BCUT2D eigenvalue weighted by Crippen LogP contribution is -2.44. The Morgan fingerprint density at radius 2 is 1.65 bits per heavy atom. The maximum atomic E-state index is 11.0. The van der Waals surface area contributed by atoms with E-state index >= 15 is 0 Å². The lowest BCUT2D eigenvalue weighted by molar-refractivity contribution is -0.136. The second kappa shape index (κ2) is 4.54. The van der Waals surface area contributed by atoms with Crippen LogP contribution >= 0.6 is 0 Å². The minimum Gasteiger partial charge on any atom is -0.481 e. The molecule has 1 heterocycles. The molecule has 0 aromatic carbocycles. The van der Waals surface area contributed by atoms with Crippen LogP contribution in [-0.2, 0) is 11.2 Å². The van der Waals surface area contributed by atoms with Crippen molar-refractivity contribution in [3.63, 3.8) is 0 Å². The van der Waals surface area contributed by atoms with Crippen LogP contribution in [0, 0.1) is 23.7 Å². The SMILES string of the molecule is O=C(O)Cc1nccnc1C1C2CC3CC(C2)CC1C3. The molecule has 5 rings (SSSR count). The van der Waals surface area contributed by atoms with Crippen molar-refractivity contribution in [2.45, 2.75) is 44.4 Å². The molecule has 20 heavy (non-hydrogen) atoms. The van der Waals surface area contributed by atoms with Gasteiger partial charge in [-0.3, -0.25) is 14.8 Å². The molecule has 4 nitrogen and oxygen atoms in total. The minimum absolute atomic E-state index is 0.00592. The van der Waals surface area contributed by atoms with E-state index in [1.54, 1.807) is 12.4 Å². The average molecular weight is 272 g/mol. The molecular weight excluding hydrogens is 252 g/mol. The summed E-state index contributed by atoms with van der Waals surface area (Å²) in [5.74, 6) is 2.94. The summed E-state index contributed by atoms with van der Waals surface area (Å²) in [6.45, 7) is 0. The number of hydrogen-bond donors (Lipinski definition) is 1. The molecule has 4 bridgehead atoms. The van der Waals surface area contributed by atoms with E-state index in [9.17, 15) is 4.79 Å². The lowest BCUT2D eigenvalue weighted by Gasteiger charge is -2.54. The van der Waals surface area contributed by atoms with Crippen molar-refractivity contribution in [3.8, 4) is 0 Å². The predicted octanol–water partition coefficient (Wildman–Crippen LogP) is 2.64. The number of aliphatic carboxylic acids is 1. The molecule has 4 heteroatoms. The summed E-state index contributed by atoms with van der Waals surface area (Å²) < 4.78 is 0. The van der Waals surface area contributed by atoms with Gasteiger partial charge in [-0.25, -0.2) is 0 Å². The molecule has 4 aliphatic carbocycles. The summed E-state index contributed by atoms with van der Waals surface area (Å²) in [6, 6.07) is 0. The number of carboxylic acid groups (broad SMARTS) is 1. The van der Waals surface area contributed by atoms with E-state index in [1.807, 2.05) is 0 Å². The zero-order valence-corrected chi connectivity index (χ0v) is 11.5. The van der Waals surface area contributed by atoms with Gasteiger partial charge >= 0.3 is 5.97 Å². The van der Waals surface area contributed by atoms with Crippen LogP contribution in [0.3, 0.4) is 0 Å². The third-order valence-electron chi connectivity index (χ3n) is 5.67. The molecule has 4 aliphatic rings. The Kier molecular flexibility index (Phi) is 2.79. The molecule has 0 amide bonds. The van der Waals surface area contributed by atoms with Crippen LogP contribution in [0.25, 0.3) is 0 Å². The average Bonchev–Trinajstić information content (AvgIpc) is 2.38. The highest BCUT2D eigenvalue weighted by molar-refractivity contribution is 5.69. The van der Waals surface area contributed by atoms with Crippen LogP contribution in [0.5, 0.6) is 0 Å². The normalized spacial score (nSPS) is 38.1. The van der Waals surface area contributed by atoms with E-state index in [2.05, 4.69) is 9.97 Å².